The predicted octanol–water partition coefficient (Wildman–Crippen LogP) is 2.42. The minimum absolute atomic E-state index is 0.357. The van der Waals surface area contributed by atoms with Gasteiger partial charge in [-0.15, -0.1) is 0 Å². The van der Waals surface area contributed by atoms with E-state index in [1.807, 2.05) is 0 Å². The van der Waals surface area contributed by atoms with Crippen molar-refractivity contribution in [2.24, 2.45) is 0 Å². The smallest absolute Gasteiger partial charge is 0.184 e. The van der Waals surface area contributed by atoms with Crippen molar-refractivity contribution < 1.29 is 8.42 Å². The molecular formula is C11H14O2S. The van der Waals surface area contributed by atoms with E-state index in [-0.39, 0.29) is 0 Å². The lowest BCUT2D eigenvalue weighted by molar-refractivity contribution is 0.589. The average molecular weight is 210 g/mol. The summed E-state index contributed by atoms with van der Waals surface area (Å²) in [6.45, 7) is 7.05. The summed E-state index contributed by atoms with van der Waals surface area (Å²) in [7, 11) is -3.24. The molecule has 0 aliphatic rings. The lowest BCUT2D eigenvalue weighted by Crippen LogP contribution is -2.18. The fourth-order valence-corrected chi connectivity index (χ4v) is 2.55. The molecule has 0 radical (unpaired) electrons. The maximum atomic E-state index is 11.9. The summed E-state index contributed by atoms with van der Waals surface area (Å²) in [5, 5.41) is -0.523. The summed E-state index contributed by atoms with van der Waals surface area (Å²) < 4.78 is 23.8. The van der Waals surface area contributed by atoms with Crippen LogP contribution in [0, 0.1) is 0 Å². The Hall–Kier alpha value is -1.09. The maximum Gasteiger partial charge on any atom is 0.184 e. The van der Waals surface area contributed by atoms with E-state index in [0.717, 1.165) is 0 Å². The minimum atomic E-state index is -3.24. The Morgan fingerprint density at radius 3 is 2.21 bits per heavy atom. The minimum Gasteiger partial charge on any atom is -0.223 e. The van der Waals surface area contributed by atoms with Crippen molar-refractivity contribution in [3.63, 3.8) is 0 Å². The van der Waals surface area contributed by atoms with Gasteiger partial charge in [-0.25, -0.2) is 8.42 Å². The molecule has 1 aromatic carbocycles. The van der Waals surface area contributed by atoms with Crippen molar-refractivity contribution in [3.05, 3.63) is 42.5 Å². The van der Waals surface area contributed by atoms with Crippen LogP contribution in [-0.4, -0.2) is 13.7 Å². The van der Waals surface area contributed by atoms with E-state index < -0.39 is 15.1 Å². The third-order valence-electron chi connectivity index (χ3n) is 2.23. The number of hydrogen-bond donors (Lipinski definition) is 0. The highest BCUT2D eigenvalue weighted by Crippen LogP contribution is 2.19. The number of sulfone groups is 1. The molecule has 76 valence electrons. The van der Waals surface area contributed by atoms with E-state index >= 15 is 0 Å². The summed E-state index contributed by atoms with van der Waals surface area (Å²) in [4.78, 5) is 0.357. The quantitative estimate of drug-likeness (QED) is 0.718. The molecule has 0 aliphatic heterocycles. The number of rotatable bonds is 3. The summed E-state index contributed by atoms with van der Waals surface area (Å²) in [5.74, 6) is 0. The maximum absolute atomic E-state index is 11.9. The molecule has 1 rings (SSSR count). The third kappa shape index (κ3) is 2.04. The SMILES string of the molecule is C=C(C)C(C)S(=O)(=O)c1ccccc1. The van der Waals surface area contributed by atoms with E-state index in [1.165, 1.54) is 0 Å². The summed E-state index contributed by atoms with van der Waals surface area (Å²) in [5.41, 5.74) is 0.661. The molecule has 0 fully saturated rings. The van der Waals surface area contributed by atoms with Crippen molar-refractivity contribution in [1.82, 2.24) is 0 Å². The molecule has 1 atom stereocenters. The van der Waals surface area contributed by atoms with Gasteiger partial charge in [-0.3, -0.25) is 0 Å². The van der Waals surface area contributed by atoms with Crippen LogP contribution in [0.3, 0.4) is 0 Å². The zero-order valence-corrected chi connectivity index (χ0v) is 9.21. The summed E-state index contributed by atoms with van der Waals surface area (Å²) >= 11 is 0. The Labute approximate surface area is 85.2 Å². The van der Waals surface area contributed by atoms with Crippen LogP contribution in [0.25, 0.3) is 0 Å². The highest BCUT2D eigenvalue weighted by atomic mass is 32.2. The van der Waals surface area contributed by atoms with Crippen LogP contribution in [0.1, 0.15) is 13.8 Å². The molecule has 1 unspecified atom stereocenters. The first-order chi connectivity index (χ1) is 6.46. The molecule has 0 saturated carbocycles. The van der Waals surface area contributed by atoms with Gasteiger partial charge in [-0.05, 0) is 26.0 Å². The molecule has 14 heavy (non-hydrogen) atoms. The van der Waals surface area contributed by atoms with Crippen molar-refractivity contribution in [2.45, 2.75) is 24.0 Å². The zero-order chi connectivity index (χ0) is 10.8. The van der Waals surface area contributed by atoms with E-state index in [0.29, 0.717) is 10.5 Å². The molecule has 0 amide bonds. The Kier molecular flexibility index (Phi) is 3.11. The first kappa shape index (κ1) is 11.0. The Balaban J connectivity index is 3.16. The highest BCUT2D eigenvalue weighted by Gasteiger charge is 2.22. The Morgan fingerprint density at radius 2 is 1.79 bits per heavy atom. The van der Waals surface area contributed by atoms with E-state index in [2.05, 4.69) is 6.58 Å². The Bertz CT molecular complexity index is 418. The van der Waals surface area contributed by atoms with Gasteiger partial charge in [0.2, 0.25) is 0 Å². The normalized spacial score (nSPS) is 13.6. The molecule has 0 heterocycles. The van der Waals surface area contributed by atoms with Gasteiger partial charge in [0.15, 0.2) is 9.84 Å². The van der Waals surface area contributed by atoms with Crippen LogP contribution in [0.4, 0.5) is 0 Å². The van der Waals surface area contributed by atoms with Gasteiger partial charge in [0, 0.05) is 0 Å². The molecule has 1 aromatic rings. The lowest BCUT2D eigenvalue weighted by atomic mass is 10.3. The first-order valence-electron chi connectivity index (χ1n) is 4.40. The summed E-state index contributed by atoms with van der Waals surface area (Å²) in [6.07, 6.45) is 0. The molecule has 0 spiro atoms. The largest absolute Gasteiger partial charge is 0.223 e. The van der Waals surface area contributed by atoms with Crippen LogP contribution in [-0.2, 0) is 9.84 Å². The zero-order valence-electron chi connectivity index (χ0n) is 8.40. The average Bonchev–Trinajstić information content (AvgIpc) is 2.18. The molecule has 0 N–H and O–H groups in total. The number of hydrogen-bond acceptors (Lipinski definition) is 2. The van der Waals surface area contributed by atoms with E-state index in [4.69, 9.17) is 0 Å². The van der Waals surface area contributed by atoms with Crippen LogP contribution < -0.4 is 0 Å². The first-order valence-corrected chi connectivity index (χ1v) is 5.95. The molecule has 0 saturated heterocycles. The van der Waals surface area contributed by atoms with Crippen molar-refractivity contribution in [2.75, 3.05) is 0 Å². The second kappa shape index (κ2) is 3.96. The highest BCUT2D eigenvalue weighted by molar-refractivity contribution is 7.92. The van der Waals surface area contributed by atoms with Gasteiger partial charge in [0.1, 0.15) is 0 Å². The Morgan fingerprint density at radius 1 is 1.29 bits per heavy atom. The van der Waals surface area contributed by atoms with Gasteiger partial charge < -0.3 is 0 Å². The molecule has 0 bridgehead atoms. The monoisotopic (exact) mass is 210 g/mol. The topological polar surface area (TPSA) is 34.1 Å². The van der Waals surface area contributed by atoms with Crippen LogP contribution in [0.2, 0.25) is 0 Å². The van der Waals surface area contributed by atoms with Gasteiger partial charge >= 0.3 is 0 Å². The molecule has 0 aliphatic carbocycles. The fraction of sp³-hybridized carbons (Fsp3) is 0.273. The molecular weight excluding hydrogens is 196 g/mol. The van der Waals surface area contributed by atoms with Crippen LogP contribution >= 0.6 is 0 Å². The van der Waals surface area contributed by atoms with Crippen molar-refractivity contribution in [1.29, 1.82) is 0 Å². The second-order valence-electron chi connectivity index (χ2n) is 3.35. The number of benzene rings is 1. The lowest BCUT2D eigenvalue weighted by Gasteiger charge is -2.12. The second-order valence-corrected chi connectivity index (χ2v) is 5.62. The summed E-state index contributed by atoms with van der Waals surface area (Å²) in [6, 6.07) is 8.45. The predicted molar refractivity (Wildman–Crippen MR) is 57.9 cm³/mol. The van der Waals surface area contributed by atoms with Crippen molar-refractivity contribution in [3.8, 4) is 0 Å². The van der Waals surface area contributed by atoms with Crippen LogP contribution in [0.15, 0.2) is 47.4 Å². The van der Waals surface area contributed by atoms with Crippen molar-refractivity contribution >= 4 is 9.84 Å². The molecule has 0 aromatic heterocycles. The van der Waals surface area contributed by atoms with Crippen LogP contribution in [0.5, 0.6) is 0 Å². The fourth-order valence-electron chi connectivity index (χ4n) is 1.08. The van der Waals surface area contributed by atoms with Gasteiger partial charge in [-0.1, -0.05) is 30.4 Å². The van der Waals surface area contributed by atoms with Gasteiger partial charge in [0.25, 0.3) is 0 Å². The van der Waals surface area contributed by atoms with E-state index in [9.17, 15) is 8.42 Å². The molecule has 3 heteroatoms. The molecule has 2 nitrogen and oxygen atoms in total. The standard InChI is InChI=1S/C11H14O2S/c1-9(2)10(3)14(12,13)11-7-5-4-6-8-11/h4-8,10H,1H2,2-3H3. The third-order valence-corrected chi connectivity index (χ3v) is 4.49. The van der Waals surface area contributed by atoms with Gasteiger partial charge in [-0.2, -0.15) is 0 Å². The van der Waals surface area contributed by atoms with Gasteiger partial charge in [0.05, 0.1) is 10.1 Å². The van der Waals surface area contributed by atoms with E-state index in [1.54, 1.807) is 44.2 Å².